The number of aromatic amines is 1. The van der Waals surface area contributed by atoms with Crippen molar-refractivity contribution >= 4 is 21.8 Å². The number of para-hydroxylation sites is 1. The van der Waals surface area contributed by atoms with Crippen LogP contribution in [-0.4, -0.2) is 72.3 Å². The Hall–Kier alpha value is -3.28. The predicted octanol–water partition coefficient (Wildman–Crippen LogP) is 0.280. The minimum atomic E-state index is -1.52. The van der Waals surface area contributed by atoms with Gasteiger partial charge in [0.2, 0.25) is 6.29 Å². The summed E-state index contributed by atoms with van der Waals surface area (Å²) in [6, 6.07) is 12.6. The Morgan fingerprint density at radius 2 is 1.91 bits per heavy atom. The highest BCUT2D eigenvalue weighted by molar-refractivity contribution is 5.92. The zero-order valence-corrected chi connectivity index (χ0v) is 18.0. The van der Waals surface area contributed by atoms with Crippen LogP contribution >= 0.6 is 0 Å². The van der Waals surface area contributed by atoms with Crippen molar-refractivity contribution in [3.63, 3.8) is 0 Å². The molecule has 1 saturated heterocycles. The van der Waals surface area contributed by atoms with Crippen LogP contribution in [-0.2, 0) is 17.7 Å². The van der Waals surface area contributed by atoms with Gasteiger partial charge >= 0.3 is 0 Å². The average molecular weight is 465 g/mol. The number of aliphatic hydroxyl groups excluding tert-OH is 4. The molecule has 2 aromatic carbocycles. The largest absolute Gasteiger partial charge is 0.462 e. The first-order chi connectivity index (χ1) is 16.5. The Morgan fingerprint density at radius 3 is 2.74 bits per heavy atom. The number of hydrogen-bond donors (Lipinski definition) is 5. The van der Waals surface area contributed by atoms with Gasteiger partial charge in [-0.25, -0.2) is 4.98 Å². The maximum absolute atomic E-state index is 13.0. The summed E-state index contributed by atoms with van der Waals surface area (Å²) in [4.78, 5) is 21.1. The van der Waals surface area contributed by atoms with Crippen LogP contribution < -0.4 is 10.3 Å². The Labute approximate surface area is 192 Å². The van der Waals surface area contributed by atoms with Gasteiger partial charge in [-0.05, 0) is 42.3 Å². The summed E-state index contributed by atoms with van der Waals surface area (Å²) in [6.45, 7) is -0.0423. The molecule has 6 rings (SSSR count). The number of hydrogen-bond acceptors (Lipinski definition) is 8. The number of fused-ring (bicyclic) bond motifs is 6. The molecule has 5 unspecified atom stereocenters. The lowest BCUT2D eigenvalue weighted by Gasteiger charge is -2.39. The number of aryl methyl sites for hydroxylation is 1. The number of aromatic nitrogens is 3. The molecule has 4 aromatic rings. The summed E-state index contributed by atoms with van der Waals surface area (Å²) in [5, 5.41) is 41.1. The number of rotatable bonds is 3. The third-order valence-electron chi connectivity index (χ3n) is 6.65. The summed E-state index contributed by atoms with van der Waals surface area (Å²) in [5.41, 5.74) is 3.17. The van der Waals surface area contributed by atoms with Gasteiger partial charge in [0.1, 0.15) is 30.2 Å². The zero-order valence-electron chi connectivity index (χ0n) is 18.0. The van der Waals surface area contributed by atoms with Gasteiger partial charge in [-0.1, -0.05) is 12.1 Å². The molecule has 0 radical (unpaired) electrons. The van der Waals surface area contributed by atoms with E-state index in [-0.39, 0.29) is 5.56 Å². The van der Waals surface area contributed by atoms with Crippen LogP contribution in [0.1, 0.15) is 5.56 Å². The molecule has 4 heterocycles. The summed E-state index contributed by atoms with van der Waals surface area (Å²) in [5.74, 6) is 0.964. The van der Waals surface area contributed by atoms with Gasteiger partial charge in [-0.15, -0.1) is 0 Å². The van der Waals surface area contributed by atoms with Crippen LogP contribution in [0.2, 0.25) is 0 Å². The first-order valence-electron chi connectivity index (χ1n) is 11.1. The Balaban J connectivity index is 1.39. The number of aliphatic hydroxyl groups is 4. The van der Waals surface area contributed by atoms with Crippen molar-refractivity contribution in [2.45, 2.75) is 43.7 Å². The van der Waals surface area contributed by atoms with E-state index in [1.807, 2.05) is 24.3 Å². The fourth-order valence-corrected chi connectivity index (χ4v) is 4.84. The van der Waals surface area contributed by atoms with Crippen LogP contribution in [0, 0.1) is 0 Å². The number of ether oxygens (including phenoxy) is 2. The second kappa shape index (κ2) is 7.90. The number of nitrogens with zero attached hydrogens (tertiary/aromatic N) is 2. The van der Waals surface area contributed by atoms with Crippen LogP contribution in [0.15, 0.2) is 47.3 Å². The SMILES string of the molecule is O=c1c2ccccc2nc2n1CCc1c-2[nH]c2ccc(OC3OC(CO)C(O)C(O)C3O)cc12. The van der Waals surface area contributed by atoms with Gasteiger partial charge in [-0.3, -0.25) is 9.36 Å². The molecular formula is C24H23N3O7. The van der Waals surface area contributed by atoms with Crippen LogP contribution in [0.25, 0.3) is 33.3 Å². The molecule has 0 amide bonds. The second-order valence-corrected chi connectivity index (χ2v) is 8.66. The van der Waals surface area contributed by atoms with Crippen molar-refractivity contribution in [2.75, 3.05) is 6.61 Å². The number of benzene rings is 2. The molecule has 5 N–H and O–H groups in total. The molecule has 0 saturated carbocycles. The smallest absolute Gasteiger partial charge is 0.261 e. The molecule has 34 heavy (non-hydrogen) atoms. The quantitative estimate of drug-likeness (QED) is 0.290. The first kappa shape index (κ1) is 21.3. The molecule has 0 spiro atoms. The minimum absolute atomic E-state index is 0.0726. The van der Waals surface area contributed by atoms with Crippen molar-refractivity contribution in [3.8, 4) is 17.3 Å². The van der Waals surface area contributed by atoms with Crippen LogP contribution in [0.4, 0.5) is 0 Å². The topological polar surface area (TPSA) is 150 Å². The Morgan fingerprint density at radius 1 is 1.09 bits per heavy atom. The van der Waals surface area contributed by atoms with Crippen molar-refractivity contribution in [1.82, 2.24) is 14.5 Å². The molecule has 10 nitrogen and oxygen atoms in total. The third-order valence-corrected chi connectivity index (χ3v) is 6.65. The maximum atomic E-state index is 13.0. The highest BCUT2D eigenvalue weighted by Crippen LogP contribution is 2.36. The number of H-pyrrole nitrogens is 1. The lowest BCUT2D eigenvalue weighted by molar-refractivity contribution is -0.277. The molecule has 1 fully saturated rings. The zero-order chi connectivity index (χ0) is 23.6. The van der Waals surface area contributed by atoms with E-state index in [4.69, 9.17) is 14.5 Å². The van der Waals surface area contributed by atoms with E-state index in [0.29, 0.717) is 35.4 Å². The van der Waals surface area contributed by atoms with Gasteiger partial charge in [-0.2, -0.15) is 0 Å². The molecule has 176 valence electrons. The number of nitrogens with one attached hydrogen (secondary N) is 1. The van der Waals surface area contributed by atoms with Crippen LogP contribution in [0.5, 0.6) is 5.75 Å². The van der Waals surface area contributed by atoms with Crippen molar-refractivity contribution in [1.29, 1.82) is 0 Å². The van der Waals surface area contributed by atoms with Crippen molar-refractivity contribution in [3.05, 3.63) is 58.4 Å². The third kappa shape index (κ3) is 3.15. The van der Waals surface area contributed by atoms with Gasteiger partial charge in [0, 0.05) is 17.4 Å². The van der Waals surface area contributed by atoms with Gasteiger partial charge < -0.3 is 34.9 Å². The van der Waals surface area contributed by atoms with E-state index in [2.05, 4.69) is 4.98 Å². The molecule has 2 aliphatic heterocycles. The summed E-state index contributed by atoms with van der Waals surface area (Å²) in [7, 11) is 0. The molecule has 0 bridgehead atoms. The van der Waals surface area contributed by atoms with Crippen molar-refractivity contribution < 1.29 is 29.9 Å². The maximum Gasteiger partial charge on any atom is 0.261 e. The summed E-state index contributed by atoms with van der Waals surface area (Å²) < 4.78 is 12.9. The van der Waals surface area contributed by atoms with E-state index in [0.717, 1.165) is 22.2 Å². The molecule has 5 atom stereocenters. The van der Waals surface area contributed by atoms with Gasteiger partial charge in [0.05, 0.1) is 23.2 Å². The average Bonchev–Trinajstić information content (AvgIpc) is 3.23. The minimum Gasteiger partial charge on any atom is -0.462 e. The van der Waals surface area contributed by atoms with E-state index in [9.17, 15) is 25.2 Å². The van der Waals surface area contributed by atoms with Crippen molar-refractivity contribution in [2.24, 2.45) is 0 Å². The second-order valence-electron chi connectivity index (χ2n) is 8.66. The molecule has 2 aliphatic rings. The van der Waals surface area contributed by atoms with E-state index < -0.39 is 37.3 Å². The summed E-state index contributed by atoms with van der Waals surface area (Å²) in [6.07, 6.45) is -6.17. The lowest BCUT2D eigenvalue weighted by atomic mass is 9.99. The predicted molar refractivity (Wildman–Crippen MR) is 121 cm³/mol. The fourth-order valence-electron chi connectivity index (χ4n) is 4.84. The normalized spacial score (nSPS) is 26.4. The molecule has 0 aliphatic carbocycles. The van der Waals surface area contributed by atoms with Gasteiger partial charge in [0.15, 0.2) is 5.82 Å². The monoisotopic (exact) mass is 465 g/mol. The van der Waals surface area contributed by atoms with Gasteiger partial charge in [0.25, 0.3) is 5.56 Å². The highest BCUT2D eigenvalue weighted by Gasteiger charge is 2.44. The Kier molecular flexibility index (Phi) is 4.94. The summed E-state index contributed by atoms with van der Waals surface area (Å²) >= 11 is 0. The molecular weight excluding hydrogens is 442 g/mol. The van der Waals surface area contributed by atoms with E-state index >= 15 is 0 Å². The van der Waals surface area contributed by atoms with Crippen LogP contribution in [0.3, 0.4) is 0 Å². The van der Waals surface area contributed by atoms with E-state index in [1.54, 1.807) is 22.8 Å². The molecule has 10 heteroatoms. The molecule has 2 aromatic heterocycles. The standard InChI is InChI=1S/C24H23N3O7/c28-10-17-19(29)20(30)21(31)24(34-17)33-11-5-6-16-14(9-11)12-7-8-27-22(18(12)25-16)26-15-4-2-1-3-13(15)23(27)32/h1-6,9,17,19-21,24-25,28-31H,7-8,10H2. The fraction of sp³-hybridized carbons (Fsp3) is 0.333. The lowest BCUT2D eigenvalue weighted by Crippen LogP contribution is -2.60. The Bertz CT molecular complexity index is 1460. The first-order valence-corrected chi connectivity index (χ1v) is 11.1. The van der Waals surface area contributed by atoms with E-state index in [1.165, 1.54) is 0 Å². The highest BCUT2D eigenvalue weighted by atomic mass is 16.7.